The van der Waals surface area contributed by atoms with Crippen LogP contribution in [0, 0.1) is 20.8 Å². The largest absolute Gasteiger partial charge is 0.495 e. The molecule has 1 saturated heterocycles. The molecule has 0 saturated carbocycles. The summed E-state index contributed by atoms with van der Waals surface area (Å²) in [7, 11) is 1.49. The number of aromatic carboxylic acids is 1. The van der Waals surface area contributed by atoms with Gasteiger partial charge in [-0.1, -0.05) is 18.2 Å². The Morgan fingerprint density at radius 1 is 1.06 bits per heavy atom. The molecule has 0 radical (unpaired) electrons. The second kappa shape index (κ2) is 9.19. The van der Waals surface area contributed by atoms with Gasteiger partial charge in [0.15, 0.2) is 5.11 Å². The molecule has 2 aromatic carbocycles. The summed E-state index contributed by atoms with van der Waals surface area (Å²) in [6.07, 6.45) is 1.52. The van der Waals surface area contributed by atoms with Gasteiger partial charge in [0, 0.05) is 17.1 Å². The molecule has 1 aromatic heterocycles. The van der Waals surface area contributed by atoms with Gasteiger partial charge in [-0.15, -0.1) is 0 Å². The maximum atomic E-state index is 13.4. The zero-order valence-electron chi connectivity index (χ0n) is 19.6. The minimum atomic E-state index is -1.02. The number of carbonyl (C=O) groups is 3. The number of carboxylic acid groups (broad SMARTS) is 1. The maximum absolute atomic E-state index is 13.4. The number of para-hydroxylation sites is 2. The van der Waals surface area contributed by atoms with Crippen LogP contribution in [0.1, 0.15) is 32.9 Å². The lowest BCUT2D eigenvalue weighted by Crippen LogP contribution is -2.54. The number of ether oxygens (including phenoxy) is 1. The van der Waals surface area contributed by atoms with E-state index in [9.17, 15) is 19.5 Å². The first kappa shape index (κ1) is 23.9. The van der Waals surface area contributed by atoms with Crippen LogP contribution in [-0.2, 0) is 9.59 Å². The average Bonchev–Trinajstić information content (AvgIpc) is 3.09. The number of nitrogens with zero attached hydrogens (tertiary/aromatic N) is 2. The predicted octanol–water partition coefficient (Wildman–Crippen LogP) is 3.94. The first-order valence-electron chi connectivity index (χ1n) is 10.7. The first-order chi connectivity index (χ1) is 16.6. The average molecular weight is 490 g/mol. The Morgan fingerprint density at radius 3 is 2.46 bits per heavy atom. The van der Waals surface area contributed by atoms with Crippen LogP contribution >= 0.6 is 12.2 Å². The van der Waals surface area contributed by atoms with E-state index < -0.39 is 17.8 Å². The van der Waals surface area contributed by atoms with Crippen LogP contribution in [0.3, 0.4) is 0 Å². The van der Waals surface area contributed by atoms with E-state index in [0.717, 1.165) is 17.0 Å². The van der Waals surface area contributed by atoms with Crippen molar-refractivity contribution < 1.29 is 24.2 Å². The van der Waals surface area contributed by atoms with Gasteiger partial charge in [0.25, 0.3) is 11.8 Å². The van der Waals surface area contributed by atoms with Crippen molar-refractivity contribution in [3.8, 4) is 11.4 Å². The third kappa shape index (κ3) is 4.22. The number of thiocarbonyl (C=S) groups is 1. The predicted molar refractivity (Wildman–Crippen MR) is 136 cm³/mol. The zero-order chi connectivity index (χ0) is 25.4. The smallest absolute Gasteiger partial charge is 0.335 e. The topological polar surface area (TPSA) is 101 Å². The molecule has 0 spiro atoms. The van der Waals surface area contributed by atoms with E-state index in [1.54, 1.807) is 42.5 Å². The number of aryl methyl sites for hydroxylation is 2. The van der Waals surface area contributed by atoms with E-state index in [4.69, 9.17) is 17.0 Å². The minimum Gasteiger partial charge on any atom is -0.495 e. The van der Waals surface area contributed by atoms with Gasteiger partial charge in [-0.05, 0) is 80.5 Å². The summed E-state index contributed by atoms with van der Waals surface area (Å²) >= 11 is 5.29. The lowest BCUT2D eigenvalue weighted by atomic mass is 10.1. The summed E-state index contributed by atoms with van der Waals surface area (Å²) in [6, 6.07) is 13.7. The Balaban J connectivity index is 1.81. The number of aromatic nitrogens is 1. The van der Waals surface area contributed by atoms with Crippen molar-refractivity contribution in [2.75, 3.05) is 12.0 Å². The Labute approximate surface area is 207 Å². The number of benzene rings is 2. The van der Waals surface area contributed by atoms with Gasteiger partial charge in [-0.3, -0.25) is 14.9 Å². The van der Waals surface area contributed by atoms with Crippen LogP contribution < -0.4 is 15.0 Å². The molecule has 0 aliphatic carbocycles. The monoisotopic (exact) mass is 489 g/mol. The molecule has 3 aromatic rings. The summed E-state index contributed by atoms with van der Waals surface area (Å²) in [5, 5.41) is 12.0. The fourth-order valence-electron chi connectivity index (χ4n) is 4.13. The molecule has 2 heterocycles. The third-order valence-corrected chi connectivity index (χ3v) is 6.18. The summed E-state index contributed by atoms with van der Waals surface area (Å²) in [4.78, 5) is 39.0. The molecule has 4 rings (SSSR count). The van der Waals surface area contributed by atoms with Gasteiger partial charge >= 0.3 is 5.97 Å². The summed E-state index contributed by atoms with van der Waals surface area (Å²) in [6.45, 7) is 5.61. The summed E-state index contributed by atoms with van der Waals surface area (Å²) < 4.78 is 7.27. The molecule has 35 heavy (non-hydrogen) atoms. The Bertz CT molecular complexity index is 1440. The van der Waals surface area contributed by atoms with Gasteiger partial charge < -0.3 is 14.4 Å². The molecule has 1 fully saturated rings. The number of hydrogen-bond acceptors (Lipinski definition) is 5. The number of nitrogens with one attached hydrogen (secondary N) is 1. The highest BCUT2D eigenvalue weighted by Crippen LogP contribution is 2.32. The first-order valence-corrected chi connectivity index (χ1v) is 11.1. The van der Waals surface area contributed by atoms with E-state index in [1.807, 2.05) is 31.4 Å². The molecule has 0 atom stereocenters. The Hall–Kier alpha value is -4.24. The van der Waals surface area contributed by atoms with Crippen molar-refractivity contribution >= 4 is 46.9 Å². The van der Waals surface area contributed by atoms with Crippen molar-refractivity contribution in [1.29, 1.82) is 0 Å². The van der Waals surface area contributed by atoms with Crippen LogP contribution in [0.5, 0.6) is 5.75 Å². The SMILES string of the molecule is COc1ccccc1N1C(=O)/C(=C/c2cc(C)n(-c3cc(C(=O)O)ccc3C)c2C)C(=O)NC1=S. The normalized spacial score (nSPS) is 14.9. The number of methoxy groups -OCH3 is 1. The van der Waals surface area contributed by atoms with Crippen LogP contribution in [0.4, 0.5) is 5.69 Å². The van der Waals surface area contributed by atoms with Crippen LogP contribution in [0.25, 0.3) is 11.8 Å². The second-order valence-electron chi connectivity index (χ2n) is 8.10. The van der Waals surface area contributed by atoms with Gasteiger partial charge in [0.2, 0.25) is 0 Å². The number of carbonyl (C=O) groups excluding carboxylic acids is 2. The van der Waals surface area contributed by atoms with E-state index in [0.29, 0.717) is 22.7 Å². The number of rotatable bonds is 5. The fraction of sp³-hybridized carbons (Fsp3) is 0.154. The van der Waals surface area contributed by atoms with Gasteiger partial charge in [-0.25, -0.2) is 9.69 Å². The Morgan fingerprint density at radius 2 is 1.77 bits per heavy atom. The lowest BCUT2D eigenvalue weighted by Gasteiger charge is -2.29. The maximum Gasteiger partial charge on any atom is 0.335 e. The number of hydrogen-bond donors (Lipinski definition) is 2. The molecule has 178 valence electrons. The minimum absolute atomic E-state index is 0.0340. The van der Waals surface area contributed by atoms with Gasteiger partial charge in [0.1, 0.15) is 11.3 Å². The van der Waals surface area contributed by atoms with Gasteiger partial charge in [-0.2, -0.15) is 0 Å². The van der Waals surface area contributed by atoms with Crippen LogP contribution in [-0.4, -0.2) is 39.7 Å². The molecule has 2 N–H and O–H groups in total. The molecular formula is C26H23N3O5S. The second-order valence-corrected chi connectivity index (χ2v) is 8.48. The number of amides is 2. The Kier molecular flexibility index (Phi) is 6.27. The summed E-state index contributed by atoms with van der Waals surface area (Å²) in [5.74, 6) is -1.75. The third-order valence-electron chi connectivity index (χ3n) is 5.89. The van der Waals surface area contributed by atoms with Crippen molar-refractivity contribution in [1.82, 2.24) is 9.88 Å². The van der Waals surface area contributed by atoms with E-state index in [1.165, 1.54) is 18.1 Å². The molecule has 1 aliphatic rings. The molecule has 0 bridgehead atoms. The zero-order valence-corrected chi connectivity index (χ0v) is 20.4. The van der Waals surface area contributed by atoms with E-state index in [-0.39, 0.29) is 16.2 Å². The summed E-state index contributed by atoms with van der Waals surface area (Å²) in [5.41, 5.74) is 4.31. The standard InChI is InChI=1S/C26H23N3O5S/c1-14-9-10-17(25(32)33)13-21(14)28-15(2)11-18(16(28)3)12-19-23(30)27-26(35)29(24(19)31)20-7-5-6-8-22(20)34-4/h5-13H,1-4H3,(H,32,33)(H,27,30,35)/b19-12+. The van der Waals surface area contributed by atoms with E-state index in [2.05, 4.69) is 5.32 Å². The molecule has 1 aliphatic heterocycles. The number of anilines is 1. The van der Waals surface area contributed by atoms with Gasteiger partial charge in [0.05, 0.1) is 18.4 Å². The fourth-order valence-corrected chi connectivity index (χ4v) is 4.41. The highest BCUT2D eigenvalue weighted by Gasteiger charge is 2.36. The lowest BCUT2D eigenvalue weighted by molar-refractivity contribution is -0.122. The van der Waals surface area contributed by atoms with Crippen molar-refractivity contribution in [3.05, 3.63) is 82.2 Å². The van der Waals surface area contributed by atoms with E-state index >= 15 is 0 Å². The molecule has 9 heteroatoms. The van der Waals surface area contributed by atoms with Crippen molar-refractivity contribution in [3.63, 3.8) is 0 Å². The van der Waals surface area contributed by atoms with Crippen LogP contribution in [0.2, 0.25) is 0 Å². The highest BCUT2D eigenvalue weighted by molar-refractivity contribution is 7.80. The number of carboxylic acids is 1. The van der Waals surface area contributed by atoms with Crippen molar-refractivity contribution in [2.24, 2.45) is 0 Å². The molecule has 8 nitrogen and oxygen atoms in total. The molecule has 0 unspecified atom stereocenters. The molecule has 2 amide bonds. The van der Waals surface area contributed by atoms with Crippen LogP contribution in [0.15, 0.2) is 54.1 Å². The quantitative estimate of drug-likeness (QED) is 0.320. The van der Waals surface area contributed by atoms with Crippen molar-refractivity contribution in [2.45, 2.75) is 20.8 Å². The highest BCUT2D eigenvalue weighted by atomic mass is 32.1. The molecular weight excluding hydrogens is 466 g/mol.